The number of amides is 3. The van der Waals surface area contributed by atoms with Gasteiger partial charge < -0.3 is 34.9 Å². The van der Waals surface area contributed by atoms with Crippen LogP contribution in [0.25, 0.3) is 0 Å². The molecular weight excluding hydrogens is 588 g/mol. The van der Waals surface area contributed by atoms with Crippen molar-refractivity contribution in [2.24, 2.45) is 5.92 Å². The van der Waals surface area contributed by atoms with Gasteiger partial charge in [-0.2, -0.15) is 0 Å². The number of aliphatic hydroxyl groups excluding tert-OH is 1. The predicted molar refractivity (Wildman–Crippen MR) is 170 cm³/mol. The second-order valence-corrected chi connectivity index (χ2v) is 13.5. The fourth-order valence-electron chi connectivity index (χ4n) is 4.82. The normalized spacial score (nSPS) is 21.0. The summed E-state index contributed by atoms with van der Waals surface area (Å²) in [6.45, 7) is 6.03. The zero-order valence-corrected chi connectivity index (χ0v) is 27.2. The Kier molecular flexibility index (Phi) is 12.8. The number of methoxy groups -OCH3 is 1. The Labute approximate surface area is 260 Å². The number of nitrogens with zero attached hydrogens (tertiary/aromatic N) is 2. The molecule has 244 valence electrons. The van der Waals surface area contributed by atoms with Crippen molar-refractivity contribution in [1.82, 2.24) is 9.21 Å². The summed E-state index contributed by atoms with van der Waals surface area (Å²) < 4.78 is 43.2. The summed E-state index contributed by atoms with van der Waals surface area (Å²) in [7, 11) is -0.382. The van der Waals surface area contributed by atoms with Crippen LogP contribution in [0.3, 0.4) is 0 Å². The Morgan fingerprint density at radius 1 is 1.14 bits per heavy atom. The summed E-state index contributed by atoms with van der Waals surface area (Å²) in [5, 5.41) is 15.6. The molecule has 0 aromatic heterocycles. The third kappa shape index (κ3) is 10.1. The van der Waals surface area contributed by atoms with Gasteiger partial charge in [-0.15, -0.1) is 0 Å². The number of likely N-dealkylation sites (N-methyl/N-ethyl adjacent to an activating group) is 1. The van der Waals surface area contributed by atoms with Crippen molar-refractivity contribution in [1.29, 1.82) is 0 Å². The molecule has 2 aromatic carbocycles. The number of anilines is 2. The molecular formula is C31H46N4O8S. The molecule has 0 saturated carbocycles. The van der Waals surface area contributed by atoms with E-state index in [-0.39, 0.29) is 37.3 Å². The van der Waals surface area contributed by atoms with Gasteiger partial charge in [0.15, 0.2) is 0 Å². The van der Waals surface area contributed by atoms with Gasteiger partial charge in [-0.3, -0.25) is 4.79 Å². The quantitative estimate of drug-likeness (QED) is 0.395. The molecule has 3 N–H and O–H groups in total. The molecule has 1 aliphatic heterocycles. The fraction of sp³-hybridized carbons (Fsp3) is 0.548. The first-order chi connectivity index (χ1) is 20.8. The Balaban J connectivity index is 1.93. The average Bonchev–Trinajstić information content (AvgIpc) is 2.98. The number of carbonyl (C=O) groups is 2. The van der Waals surface area contributed by atoms with Gasteiger partial charge in [0.25, 0.3) is 5.91 Å². The number of benzene rings is 2. The van der Waals surface area contributed by atoms with Crippen molar-refractivity contribution in [3.05, 3.63) is 48.0 Å². The molecule has 4 atom stereocenters. The van der Waals surface area contributed by atoms with Crippen LogP contribution in [0.2, 0.25) is 0 Å². The molecule has 1 heterocycles. The SMILES string of the molecule is COc1ccc(NC(=O)Nc2ccc3c(c2)C(=O)N([C@H](C)CO)C[C@H](C)[C@H](CN(C)S(C)(=O)=O)OCCCC[C@@H](C)O3)cc1. The van der Waals surface area contributed by atoms with E-state index in [4.69, 9.17) is 14.2 Å². The average molecular weight is 635 g/mol. The molecule has 3 rings (SSSR count). The highest BCUT2D eigenvalue weighted by Crippen LogP contribution is 2.29. The van der Waals surface area contributed by atoms with E-state index >= 15 is 0 Å². The van der Waals surface area contributed by atoms with Crippen LogP contribution in [-0.4, -0.2) is 99.6 Å². The van der Waals surface area contributed by atoms with Gasteiger partial charge in [0.2, 0.25) is 10.0 Å². The first-order valence-electron chi connectivity index (χ1n) is 14.8. The molecule has 0 radical (unpaired) electrons. The highest BCUT2D eigenvalue weighted by atomic mass is 32.2. The lowest BCUT2D eigenvalue weighted by Gasteiger charge is -2.35. The molecule has 0 bridgehead atoms. The van der Waals surface area contributed by atoms with E-state index < -0.39 is 34.1 Å². The fourth-order valence-corrected chi connectivity index (χ4v) is 5.24. The monoisotopic (exact) mass is 634 g/mol. The molecule has 3 amide bonds. The van der Waals surface area contributed by atoms with E-state index in [9.17, 15) is 23.1 Å². The molecule has 0 aliphatic carbocycles. The van der Waals surface area contributed by atoms with Crippen molar-refractivity contribution in [2.45, 2.75) is 58.3 Å². The van der Waals surface area contributed by atoms with Crippen LogP contribution in [0.4, 0.5) is 16.2 Å². The van der Waals surface area contributed by atoms with Crippen LogP contribution >= 0.6 is 0 Å². The minimum atomic E-state index is -3.45. The zero-order valence-electron chi connectivity index (χ0n) is 26.4. The van der Waals surface area contributed by atoms with Gasteiger partial charge in [0, 0.05) is 44.0 Å². The van der Waals surface area contributed by atoms with Crippen LogP contribution in [0.1, 0.15) is 50.4 Å². The number of urea groups is 1. The number of fused-ring (bicyclic) bond motifs is 1. The van der Waals surface area contributed by atoms with Crippen LogP contribution in [0, 0.1) is 5.92 Å². The summed E-state index contributed by atoms with van der Waals surface area (Å²) in [6.07, 6.45) is 2.73. The second-order valence-electron chi connectivity index (χ2n) is 11.4. The van der Waals surface area contributed by atoms with Crippen LogP contribution in [0.15, 0.2) is 42.5 Å². The Bertz CT molecular complexity index is 1350. The van der Waals surface area contributed by atoms with Gasteiger partial charge in [-0.1, -0.05) is 6.92 Å². The van der Waals surface area contributed by atoms with Gasteiger partial charge in [-0.25, -0.2) is 17.5 Å². The number of sulfonamides is 1. The zero-order chi connectivity index (χ0) is 32.4. The summed E-state index contributed by atoms with van der Waals surface area (Å²) in [5.74, 6) is 0.353. The molecule has 0 unspecified atom stereocenters. The second kappa shape index (κ2) is 16.1. The van der Waals surface area contributed by atoms with E-state index in [1.54, 1.807) is 61.4 Å². The number of rotatable bonds is 8. The number of ether oxygens (including phenoxy) is 3. The predicted octanol–water partition coefficient (Wildman–Crippen LogP) is 4.03. The molecule has 13 heteroatoms. The van der Waals surface area contributed by atoms with Crippen LogP contribution in [-0.2, 0) is 14.8 Å². The van der Waals surface area contributed by atoms with Crippen LogP contribution in [0.5, 0.6) is 11.5 Å². The minimum Gasteiger partial charge on any atom is -0.497 e. The molecule has 0 spiro atoms. The third-order valence-corrected chi connectivity index (χ3v) is 8.94. The van der Waals surface area contributed by atoms with Gasteiger partial charge in [0.05, 0.1) is 43.8 Å². The highest BCUT2D eigenvalue weighted by Gasteiger charge is 2.31. The molecule has 44 heavy (non-hydrogen) atoms. The largest absolute Gasteiger partial charge is 0.497 e. The Morgan fingerprint density at radius 2 is 1.80 bits per heavy atom. The van der Waals surface area contributed by atoms with E-state index in [0.717, 1.165) is 19.1 Å². The maximum Gasteiger partial charge on any atom is 0.323 e. The number of hydrogen-bond donors (Lipinski definition) is 3. The molecule has 0 saturated heterocycles. The Hall–Kier alpha value is -3.39. The van der Waals surface area contributed by atoms with E-state index in [1.807, 2.05) is 13.8 Å². The lowest BCUT2D eigenvalue weighted by Crippen LogP contribution is -2.47. The maximum atomic E-state index is 14.2. The van der Waals surface area contributed by atoms with Crippen molar-refractivity contribution in [3.8, 4) is 11.5 Å². The van der Waals surface area contributed by atoms with Crippen molar-refractivity contribution >= 4 is 33.3 Å². The minimum absolute atomic E-state index is 0.128. The number of aliphatic hydroxyl groups is 1. The lowest BCUT2D eigenvalue weighted by atomic mass is 10.0. The molecule has 2 aromatic rings. The molecule has 0 fully saturated rings. The standard InChI is InChI=1S/C31H46N4O8S/c1-21-18-35(22(2)20-36)30(37)27-17-25(33-31(38)32-24-10-13-26(41-5)14-11-24)12-15-28(27)43-23(3)9-7-8-16-42-29(21)19-34(4)44(6,39)40/h10-15,17,21-23,29,36H,7-9,16,18-20H2,1-6H3,(H2,32,33,38)/t21-,22+,23+,29-/m0/s1. The van der Waals surface area contributed by atoms with Crippen LogP contribution < -0.4 is 20.1 Å². The highest BCUT2D eigenvalue weighted by molar-refractivity contribution is 7.88. The van der Waals surface area contributed by atoms with Crippen molar-refractivity contribution < 1.29 is 37.3 Å². The van der Waals surface area contributed by atoms with Crippen molar-refractivity contribution in [3.63, 3.8) is 0 Å². The molecule has 12 nitrogen and oxygen atoms in total. The first kappa shape index (κ1) is 35.1. The number of carbonyl (C=O) groups excluding carboxylic acids is 2. The smallest absolute Gasteiger partial charge is 0.323 e. The summed E-state index contributed by atoms with van der Waals surface area (Å²) in [4.78, 5) is 28.5. The van der Waals surface area contributed by atoms with Crippen molar-refractivity contribution in [2.75, 3.05) is 57.4 Å². The lowest BCUT2D eigenvalue weighted by molar-refractivity contribution is -0.00828. The summed E-state index contributed by atoms with van der Waals surface area (Å²) >= 11 is 0. The first-order valence-corrected chi connectivity index (χ1v) is 16.6. The van der Waals surface area contributed by atoms with E-state index in [1.165, 1.54) is 11.4 Å². The number of hydrogen-bond acceptors (Lipinski definition) is 8. The van der Waals surface area contributed by atoms with Gasteiger partial charge >= 0.3 is 6.03 Å². The molecule has 1 aliphatic rings. The van der Waals surface area contributed by atoms with Gasteiger partial charge in [-0.05, 0) is 75.6 Å². The summed E-state index contributed by atoms with van der Waals surface area (Å²) in [6, 6.07) is 10.7. The van der Waals surface area contributed by atoms with Gasteiger partial charge in [0.1, 0.15) is 11.5 Å². The summed E-state index contributed by atoms with van der Waals surface area (Å²) in [5.41, 5.74) is 1.17. The number of nitrogens with one attached hydrogen (secondary N) is 2. The van der Waals surface area contributed by atoms with E-state index in [2.05, 4.69) is 10.6 Å². The Morgan fingerprint density at radius 3 is 2.43 bits per heavy atom. The maximum absolute atomic E-state index is 14.2. The third-order valence-electron chi connectivity index (χ3n) is 7.66. The van der Waals surface area contributed by atoms with E-state index in [0.29, 0.717) is 35.9 Å². The topological polar surface area (TPSA) is 147 Å².